The molecule has 2 rings (SSSR count). The number of hydrogen-bond donors (Lipinski definition) is 3. The number of halogens is 1. The van der Waals surface area contributed by atoms with Gasteiger partial charge in [0.1, 0.15) is 0 Å². The maximum atomic E-state index is 11.9. The van der Waals surface area contributed by atoms with Crippen LogP contribution in [0.3, 0.4) is 0 Å². The van der Waals surface area contributed by atoms with Gasteiger partial charge in [-0.1, -0.05) is 49.6 Å². The lowest BCUT2D eigenvalue weighted by atomic mass is 9.99. The molecule has 3 N–H and O–H groups in total. The molecule has 0 bridgehead atoms. The van der Waals surface area contributed by atoms with Gasteiger partial charge in [-0.3, -0.25) is 9.79 Å². The Balaban J connectivity index is 0.00000338. The van der Waals surface area contributed by atoms with Gasteiger partial charge < -0.3 is 16.0 Å². The van der Waals surface area contributed by atoms with Gasteiger partial charge in [0.05, 0.1) is 0 Å². The van der Waals surface area contributed by atoms with Gasteiger partial charge in [0.2, 0.25) is 5.91 Å². The molecule has 1 saturated carbocycles. The van der Waals surface area contributed by atoms with Crippen molar-refractivity contribution in [3.8, 4) is 0 Å². The van der Waals surface area contributed by atoms with E-state index < -0.39 is 0 Å². The first-order chi connectivity index (χ1) is 12.1. The van der Waals surface area contributed by atoms with Crippen LogP contribution in [0.25, 0.3) is 0 Å². The standard InChI is InChI=1S/C20H32N4O.HI/c1-15-7-6-8-17(13-15)16(2)14-23-20(21-3)22-12-11-19(25)24-18-9-4-5-10-18;/h6-8,13,16,18H,4-5,9-12,14H2,1-3H3,(H,24,25)(H2,21,22,23);1H. The van der Waals surface area contributed by atoms with E-state index in [2.05, 4.69) is 59.1 Å². The minimum atomic E-state index is 0. The van der Waals surface area contributed by atoms with Gasteiger partial charge in [-0.25, -0.2) is 0 Å². The highest BCUT2D eigenvalue weighted by Crippen LogP contribution is 2.17. The van der Waals surface area contributed by atoms with Crippen LogP contribution in [0.15, 0.2) is 29.3 Å². The number of nitrogens with one attached hydrogen (secondary N) is 3. The van der Waals surface area contributed by atoms with E-state index in [1.807, 2.05) is 0 Å². The number of nitrogens with zero attached hydrogens (tertiary/aromatic N) is 1. The SMILES string of the molecule is CN=C(NCCC(=O)NC1CCCC1)NCC(C)c1cccc(C)c1.I. The maximum absolute atomic E-state index is 11.9. The molecule has 146 valence electrons. The number of guanidine groups is 1. The zero-order valence-corrected chi connectivity index (χ0v) is 18.5. The Morgan fingerprint density at radius 2 is 2.00 bits per heavy atom. The van der Waals surface area contributed by atoms with Crippen LogP contribution in [-0.4, -0.2) is 38.0 Å². The molecule has 0 heterocycles. The quantitative estimate of drug-likeness (QED) is 0.324. The van der Waals surface area contributed by atoms with E-state index in [0.717, 1.165) is 25.3 Å². The van der Waals surface area contributed by atoms with E-state index in [1.165, 1.54) is 24.0 Å². The second-order valence-electron chi connectivity index (χ2n) is 6.99. The third kappa shape index (κ3) is 7.93. The summed E-state index contributed by atoms with van der Waals surface area (Å²) < 4.78 is 0. The van der Waals surface area contributed by atoms with E-state index >= 15 is 0 Å². The number of rotatable bonds is 7. The summed E-state index contributed by atoms with van der Waals surface area (Å²) in [6.07, 6.45) is 5.20. The van der Waals surface area contributed by atoms with Crippen LogP contribution >= 0.6 is 24.0 Å². The Bertz CT molecular complexity index is 585. The fourth-order valence-electron chi connectivity index (χ4n) is 3.23. The Morgan fingerprint density at radius 3 is 2.65 bits per heavy atom. The zero-order chi connectivity index (χ0) is 18.1. The van der Waals surface area contributed by atoms with Gasteiger partial charge in [-0.2, -0.15) is 0 Å². The molecular formula is C20H33IN4O. The summed E-state index contributed by atoms with van der Waals surface area (Å²) >= 11 is 0. The number of carbonyl (C=O) groups excluding carboxylic acids is 1. The van der Waals surface area contributed by atoms with E-state index in [4.69, 9.17) is 0 Å². The molecule has 1 unspecified atom stereocenters. The van der Waals surface area contributed by atoms with Crippen molar-refractivity contribution in [1.82, 2.24) is 16.0 Å². The molecule has 1 fully saturated rings. The monoisotopic (exact) mass is 472 g/mol. The van der Waals surface area contributed by atoms with Crippen molar-refractivity contribution in [2.45, 2.75) is 57.9 Å². The van der Waals surface area contributed by atoms with Crippen molar-refractivity contribution < 1.29 is 4.79 Å². The van der Waals surface area contributed by atoms with Crippen molar-refractivity contribution in [3.05, 3.63) is 35.4 Å². The number of aliphatic imine (C=N–C) groups is 1. The van der Waals surface area contributed by atoms with Gasteiger partial charge >= 0.3 is 0 Å². The lowest BCUT2D eigenvalue weighted by molar-refractivity contribution is -0.121. The second kappa shape index (κ2) is 12.1. The van der Waals surface area contributed by atoms with Gasteiger partial charge in [-0.05, 0) is 31.2 Å². The molecule has 0 saturated heterocycles. The van der Waals surface area contributed by atoms with E-state index in [0.29, 0.717) is 24.9 Å². The number of benzene rings is 1. The molecule has 1 aromatic rings. The fourth-order valence-corrected chi connectivity index (χ4v) is 3.23. The Morgan fingerprint density at radius 1 is 1.27 bits per heavy atom. The summed E-state index contributed by atoms with van der Waals surface area (Å²) in [6, 6.07) is 8.97. The first-order valence-corrected chi connectivity index (χ1v) is 9.39. The van der Waals surface area contributed by atoms with Crippen LogP contribution in [0.1, 0.15) is 56.1 Å². The second-order valence-corrected chi connectivity index (χ2v) is 6.99. The Hall–Kier alpha value is -1.31. The van der Waals surface area contributed by atoms with Gasteiger partial charge in [0.15, 0.2) is 5.96 Å². The summed E-state index contributed by atoms with van der Waals surface area (Å²) in [5.74, 6) is 1.26. The number of hydrogen-bond acceptors (Lipinski definition) is 2. The fraction of sp³-hybridized carbons (Fsp3) is 0.600. The molecule has 1 aromatic carbocycles. The predicted molar refractivity (Wildman–Crippen MR) is 119 cm³/mol. The first-order valence-electron chi connectivity index (χ1n) is 9.39. The van der Waals surface area contributed by atoms with E-state index in [1.54, 1.807) is 7.05 Å². The maximum Gasteiger partial charge on any atom is 0.221 e. The van der Waals surface area contributed by atoms with Gasteiger partial charge in [0.25, 0.3) is 0 Å². The highest BCUT2D eigenvalue weighted by molar-refractivity contribution is 14.0. The Kier molecular flexibility index (Phi) is 10.6. The summed E-state index contributed by atoms with van der Waals surface area (Å²) in [4.78, 5) is 16.2. The molecule has 26 heavy (non-hydrogen) atoms. The van der Waals surface area contributed by atoms with Gasteiger partial charge in [-0.15, -0.1) is 24.0 Å². The topological polar surface area (TPSA) is 65.5 Å². The molecular weight excluding hydrogens is 439 g/mol. The average Bonchev–Trinajstić information content (AvgIpc) is 3.10. The summed E-state index contributed by atoms with van der Waals surface area (Å²) in [5.41, 5.74) is 2.60. The van der Waals surface area contributed by atoms with Crippen molar-refractivity contribution >= 4 is 35.8 Å². The molecule has 0 spiro atoms. The van der Waals surface area contributed by atoms with Crippen LogP contribution in [0.5, 0.6) is 0 Å². The van der Waals surface area contributed by atoms with Crippen LogP contribution < -0.4 is 16.0 Å². The van der Waals surface area contributed by atoms with Crippen molar-refractivity contribution in [2.75, 3.05) is 20.1 Å². The highest BCUT2D eigenvalue weighted by Gasteiger charge is 2.16. The molecule has 6 heteroatoms. The van der Waals surface area contributed by atoms with Crippen molar-refractivity contribution in [2.24, 2.45) is 4.99 Å². The molecule has 1 aliphatic carbocycles. The lowest BCUT2D eigenvalue weighted by Crippen LogP contribution is -2.41. The Labute approximate surface area is 174 Å². The average molecular weight is 472 g/mol. The van der Waals surface area contributed by atoms with Crippen molar-refractivity contribution in [1.29, 1.82) is 0 Å². The minimum Gasteiger partial charge on any atom is -0.356 e. The number of amides is 1. The molecule has 1 aliphatic rings. The summed E-state index contributed by atoms with van der Waals surface area (Å²) in [5, 5.41) is 9.67. The smallest absolute Gasteiger partial charge is 0.221 e. The van der Waals surface area contributed by atoms with E-state index in [-0.39, 0.29) is 29.9 Å². The highest BCUT2D eigenvalue weighted by atomic mass is 127. The summed E-state index contributed by atoms with van der Waals surface area (Å²) in [7, 11) is 1.76. The first kappa shape index (κ1) is 22.7. The van der Waals surface area contributed by atoms with Crippen LogP contribution in [0.4, 0.5) is 0 Å². The van der Waals surface area contributed by atoms with Crippen LogP contribution in [0.2, 0.25) is 0 Å². The molecule has 1 atom stereocenters. The normalized spacial score (nSPS) is 15.9. The van der Waals surface area contributed by atoms with Crippen LogP contribution in [0, 0.1) is 6.92 Å². The lowest BCUT2D eigenvalue weighted by Gasteiger charge is -2.17. The predicted octanol–water partition coefficient (Wildman–Crippen LogP) is 3.33. The third-order valence-electron chi connectivity index (χ3n) is 4.78. The number of aryl methyl sites for hydroxylation is 1. The molecule has 0 aliphatic heterocycles. The number of carbonyl (C=O) groups is 1. The molecule has 1 amide bonds. The van der Waals surface area contributed by atoms with Crippen molar-refractivity contribution in [3.63, 3.8) is 0 Å². The molecule has 0 radical (unpaired) electrons. The molecule has 5 nitrogen and oxygen atoms in total. The minimum absolute atomic E-state index is 0. The summed E-state index contributed by atoms with van der Waals surface area (Å²) in [6.45, 7) is 5.71. The van der Waals surface area contributed by atoms with Crippen LogP contribution in [-0.2, 0) is 4.79 Å². The molecule has 0 aromatic heterocycles. The van der Waals surface area contributed by atoms with E-state index in [9.17, 15) is 4.79 Å². The largest absolute Gasteiger partial charge is 0.356 e. The third-order valence-corrected chi connectivity index (χ3v) is 4.78. The van der Waals surface area contributed by atoms with Gasteiger partial charge in [0, 0.05) is 32.6 Å². The zero-order valence-electron chi connectivity index (χ0n) is 16.2.